The first kappa shape index (κ1) is 9.23. The van der Waals surface area contributed by atoms with Crippen LogP contribution in [0.5, 0.6) is 0 Å². The van der Waals surface area contributed by atoms with Crippen molar-refractivity contribution in [2.24, 2.45) is 0 Å². The second-order valence-corrected chi connectivity index (χ2v) is 2.81. The molecule has 68 valence electrons. The lowest BCUT2D eigenvalue weighted by atomic mass is 9.85. The largest absolute Gasteiger partial charge is 0.339 e. The fraction of sp³-hybridized carbons (Fsp3) is 0.778. The van der Waals surface area contributed by atoms with Crippen LogP contribution in [0.3, 0.4) is 0 Å². The summed E-state index contributed by atoms with van der Waals surface area (Å²) in [6.07, 6.45) is 3.76. The number of nitrogens with zero attached hydrogens (tertiary/aromatic N) is 2. The van der Waals surface area contributed by atoms with Gasteiger partial charge in [0.05, 0.1) is 0 Å². The summed E-state index contributed by atoms with van der Waals surface area (Å²) in [5.41, 5.74) is 0. The van der Waals surface area contributed by atoms with Gasteiger partial charge in [-0.05, 0) is 19.8 Å². The summed E-state index contributed by atoms with van der Waals surface area (Å²) >= 11 is 0. The van der Waals surface area contributed by atoms with Gasteiger partial charge >= 0.3 is 0 Å². The predicted octanol–water partition coefficient (Wildman–Crippen LogP) is 2.67. The molecule has 0 bridgehead atoms. The third-order valence-corrected chi connectivity index (χ3v) is 2.00. The molecule has 0 unspecified atom stereocenters. The molecule has 2 rings (SSSR count). The van der Waals surface area contributed by atoms with E-state index in [1.165, 1.54) is 19.3 Å². The average Bonchev–Trinajstić information content (AvgIpc) is 2.37. The van der Waals surface area contributed by atoms with Gasteiger partial charge in [0.2, 0.25) is 5.89 Å². The Morgan fingerprint density at radius 2 is 2.00 bits per heavy atom. The van der Waals surface area contributed by atoms with E-state index in [2.05, 4.69) is 10.1 Å². The van der Waals surface area contributed by atoms with E-state index in [4.69, 9.17) is 4.52 Å². The average molecular weight is 168 g/mol. The Bertz CT molecular complexity index is 228. The molecule has 3 nitrogen and oxygen atoms in total. The van der Waals surface area contributed by atoms with Gasteiger partial charge in [-0.3, -0.25) is 0 Å². The minimum absolute atomic E-state index is 0.571. The minimum atomic E-state index is 0.571. The van der Waals surface area contributed by atoms with E-state index in [0.717, 1.165) is 11.7 Å². The maximum absolute atomic E-state index is 5.01. The molecule has 0 atom stereocenters. The van der Waals surface area contributed by atoms with Gasteiger partial charge in [-0.25, -0.2) is 0 Å². The zero-order valence-corrected chi connectivity index (χ0v) is 8.00. The van der Waals surface area contributed by atoms with Crippen molar-refractivity contribution in [2.45, 2.75) is 46.0 Å². The van der Waals surface area contributed by atoms with Crippen LogP contribution in [-0.2, 0) is 0 Å². The Hall–Kier alpha value is -0.860. The fourth-order valence-corrected chi connectivity index (χ4v) is 1.13. The van der Waals surface area contributed by atoms with E-state index in [9.17, 15) is 0 Å². The van der Waals surface area contributed by atoms with E-state index < -0.39 is 0 Å². The van der Waals surface area contributed by atoms with Gasteiger partial charge in [-0.2, -0.15) is 4.98 Å². The normalized spacial score (nSPS) is 16.2. The van der Waals surface area contributed by atoms with Crippen molar-refractivity contribution in [1.82, 2.24) is 10.1 Å². The highest BCUT2D eigenvalue weighted by Gasteiger charge is 2.24. The molecule has 0 spiro atoms. The number of aryl methyl sites for hydroxylation is 1. The molecule has 1 heterocycles. The SMILES string of the molecule is CC.Cc1noc(C2CCC2)n1. The quantitative estimate of drug-likeness (QED) is 0.647. The van der Waals surface area contributed by atoms with Gasteiger partial charge < -0.3 is 4.52 Å². The first-order valence-corrected chi connectivity index (χ1v) is 4.66. The maximum Gasteiger partial charge on any atom is 0.229 e. The molecule has 0 N–H and O–H groups in total. The second kappa shape index (κ2) is 4.24. The lowest BCUT2D eigenvalue weighted by Gasteiger charge is -2.20. The molecular weight excluding hydrogens is 152 g/mol. The Morgan fingerprint density at radius 3 is 2.33 bits per heavy atom. The first-order valence-electron chi connectivity index (χ1n) is 4.66. The monoisotopic (exact) mass is 168 g/mol. The molecule has 0 amide bonds. The van der Waals surface area contributed by atoms with Gasteiger partial charge in [0.15, 0.2) is 5.82 Å². The van der Waals surface area contributed by atoms with Crippen LogP contribution in [0.25, 0.3) is 0 Å². The van der Waals surface area contributed by atoms with Crippen LogP contribution in [0.1, 0.15) is 50.7 Å². The van der Waals surface area contributed by atoms with Crippen LogP contribution in [0.4, 0.5) is 0 Å². The van der Waals surface area contributed by atoms with Crippen molar-refractivity contribution in [1.29, 1.82) is 0 Å². The summed E-state index contributed by atoms with van der Waals surface area (Å²) in [5.74, 6) is 2.16. The molecule has 1 saturated carbocycles. The van der Waals surface area contributed by atoms with Crippen molar-refractivity contribution in [3.8, 4) is 0 Å². The van der Waals surface area contributed by atoms with Crippen LogP contribution in [-0.4, -0.2) is 10.1 Å². The standard InChI is InChI=1S/C7H10N2O.C2H6/c1-5-8-7(10-9-5)6-3-2-4-6;1-2/h6H,2-4H2,1H3;1-2H3. The molecule has 1 aliphatic rings. The van der Waals surface area contributed by atoms with Crippen LogP contribution >= 0.6 is 0 Å². The molecule has 0 aromatic carbocycles. The lowest BCUT2D eigenvalue weighted by Crippen LogP contribution is -2.08. The molecule has 1 aromatic heterocycles. The fourth-order valence-electron chi connectivity index (χ4n) is 1.13. The number of hydrogen-bond acceptors (Lipinski definition) is 3. The van der Waals surface area contributed by atoms with Gasteiger partial charge in [-0.1, -0.05) is 25.4 Å². The van der Waals surface area contributed by atoms with Crippen molar-refractivity contribution in [3.63, 3.8) is 0 Å². The molecule has 12 heavy (non-hydrogen) atoms. The molecule has 1 aromatic rings. The van der Waals surface area contributed by atoms with E-state index in [0.29, 0.717) is 5.92 Å². The molecule has 0 saturated heterocycles. The molecule has 0 aliphatic heterocycles. The summed E-state index contributed by atoms with van der Waals surface area (Å²) in [4.78, 5) is 4.15. The van der Waals surface area contributed by atoms with Crippen molar-refractivity contribution in [3.05, 3.63) is 11.7 Å². The second-order valence-electron chi connectivity index (χ2n) is 2.81. The van der Waals surface area contributed by atoms with Crippen LogP contribution in [0.15, 0.2) is 4.52 Å². The zero-order chi connectivity index (χ0) is 8.97. The summed E-state index contributed by atoms with van der Waals surface area (Å²) in [6.45, 7) is 5.85. The zero-order valence-electron chi connectivity index (χ0n) is 8.00. The highest BCUT2D eigenvalue weighted by atomic mass is 16.5. The molecule has 1 fully saturated rings. The molecule has 0 radical (unpaired) electrons. The van der Waals surface area contributed by atoms with Gasteiger partial charge in [0.25, 0.3) is 0 Å². The first-order chi connectivity index (χ1) is 5.86. The van der Waals surface area contributed by atoms with Gasteiger partial charge in [-0.15, -0.1) is 0 Å². The Labute approximate surface area is 73.2 Å². The Kier molecular flexibility index (Phi) is 3.26. The van der Waals surface area contributed by atoms with Crippen molar-refractivity contribution in [2.75, 3.05) is 0 Å². The highest BCUT2D eigenvalue weighted by Crippen LogP contribution is 2.34. The van der Waals surface area contributed by atoms with Gasteiger partial charge in [0, 0.05) is 5.92 Å². The molecule has 1 aliphatic carbocycles. The predicted molar refractivity (Wildman–Crippen MR) is 47.0 cm³/mol. The number of hydrogen-bond donors (Lipinski definition) is 0. The van der Waals surface area contributed by atoms with E-state index in [1.54, 1.807) is 0 Å². The van der Waals surface area contributed by atoms with Crippen molar-refractivity contribution >= 4 is 0 Å². The summed E-state index contributed by atoms with van der Waals surface area (Å²) < 4.78 is 5.01. The topological polar surface area (TPSA) is 38.9 Å². The van der Waals surface area contributed by atoms with E-state index in [-0.39, 0.29) is 0 Å². The van der Waals surface area contributed by atoms with Crippen LogP contribution in [0.2, 0.25) is 0 Å². The third-order valence-electron chi connectivity index (χ3n) is 2.00. The summed E-state index contributed by atoms with van der Waals surface area (Å²) in [7, 11) is 0. The maximum atomic E-state index is 5.01. The Balaban J connectivity index is 0.000000336. The number of aromatic nitrogens is 2. The third kappa shape index (κ3) is 1.84. The molecule has 3 heteroatoms. The van der Waals surface area contributed by atoms with E-state index >= 15 is 0 Å². The van der Waals surface area contributed by atoms with Gasteiger partial charge in [0.1, 0.15) is 0 Å². The Morgan fingerprint density at radius 1 is 1.33 bits per heavy atom. The smallest absolute Gasteiger partial charge is 0.229 e. The van der Waals surface area contributed by atoms with Crippen LogP contribution < -0.4 is 0 Å². The lowest BCUT2D eigenvalue weighted by molar-refractivity contribution is 0.291. The van der Waals surface area contributed by atoms with Crippen molar-refractivity contribution < 1.29 is 4.52 Å². The van der Waals surface area contributed by atoms with E-state index in [1.807, 2.05) is 20.8 Å². The summed E-state index contributed by atoms with van der Waals surface area (Å²) in [6, 6.07) is 0. The van der Waals surface area contributed by atoms with Crippen LogP contribution in [0, 0.1) is 6.92 Å². The number of rotatable bonds is 1. The highest BCUT2D eigenvalue weighted by molar-refractivity contribution is 4.96. The summed E-state index contributed by atoms with van der Waals surface area (Å²) in [5, 5.41) is 3.73. The minimum Gasteiger partial charge on any atom is -0.339 e. The molecular formula is C9H16N2O.